The number of benzene rings is 3. The number of carbonyl (C=O) groups is 2. The minimum Gasteiger partial charge on any atom is -0.504 e. The summed E-state index contributed by atoms with van der Waals surface area (Å²) in [5.74, 6) is -2.14. The number of furan rings is 1. The summed E-state index contributed by atoms with van der Waals surface area (Å²) >= 11 is 7.33. The van der Waals surface area contributed by atoms with Crippen LogP contribution in [0.15, 0.2) is 82.5 Å². The molecule has 0 bridgehead atoms. The number of thiazole rings is 1. The number of ketones is 1. The lowest BCUT2D eigenvalue weighted by atomic mass is 9.95. The number of hydrogen-bond acceptors (Lipinski definition) is 8. The molecule has 2 N–H and O–H groups in total. The summed E-state index contributed by atoms with van der Waals surface area (Å²) in [6, 6.07) is 17.2. The predicted molar refractivity (Wildman–Crippen MR) is 140 cm³/mol. The number of methoxy groups -OCH3 is 1. The topological polar surface area (TPSA) is 113 Å². The number of para-hydroxylation sites is 1. The number of rotatable bonds is 5. The average Bonchev–Trinajstić information content (AvgIpc) is 3.58. The number of nitrogens with zero attached hydrogens (tertiary/aromatic N) is 2. The molecule has 0 saturated heterocycles. The number of ether oxygens (including phenoxy) is 1. The van der Waals surface area contributed by atoms with Gasteiger partial charge in [-0.3, -0.25) is 14.5 Å². The van der Waals surface area contributed by atoms with Gasteiger partial charge < -0.3 is 19.4 Å². The highest BCUT2D eigenvalue weighted by Crippen LogP contribution is 2.46. The fourth-order valence-electron chi connectivity index (χ4n) is 4.43. The second-order valence-corrected chi connectivity index (χ2v) is 9.80. The zero-order valence-corrected chi connectivity index (χ0v) is 20.7. The molecule has 1 atom stereocenters. The van der Waals surface area contributed by atoms with Gasteiger partial charge in [0.15, 0.2) is 28.1 Å². The van der Waals surface area contributed by atoms with Gasteiger partial charge in [-0.05, 0) is 48.0 Å². The number of aliphatic hydroxyl groups excluding tert-OH is 1. The first kappa shape index (κ1) is 23.1. The smallest absolute Gasteiger partial charge is 0.296 e. The molecule has 37 heavy (non-hydrogen) atoms. The maximum absolute atomic E-state index is 13.8. The van der Waals surface area contributed by atoms with Gasteiger partial charge in [-0.25, -0.2) is 4.98 Å². The first-order valence-corrected chi connectivity index (χ1v) is 12.3. The number of phenols is 1. The first-order chi connectivity index (χ1) is 17.9. The molecule has 2 aromatic heterocycles. The minimum absolute atomic E-state index is 0.0239. The molecule has 0 aliphatic carbocycles. The number of halogens is 1. The Balaban J connectivity index is 1.53. The fourth-order valence-corrected chi connectivity index (χ4v) is 5.70. The van der Waals surface area contributed by atoms with Gasteiger partial charge in [-0.15, -0.1) is 0 Å². The van der Waals surface area contributed by atoms with Gasteiger partial charge in [0.05, 0.1) is 28.9 Å². The van der Waals surface area contributed by atoms with E-state index in [0.29, 0.717) is 27.1 Å². The summed E-state index contributed by atoms with van der Waals surface area (Å²) in [6.45, 7) is 0. The molecule has 1 unspecified atom stereocenters. The highest BCUT2D eigenvalue weighted by atomic mass is 35.5. The number of carbonyl (C=O) groups excluding carboxylic acids is 2. The van der Waals surface area contributed by atoms with Crippen LogP contribution in [-0.4, -0.2) is 34.0 Å². The summed E-state index contributed by atoms with van der Waals surface area (Å²) < 4.78 is 11.7. The van der Waals surface area contributed by atoms with E-state index >= 15 is 0 Å². The first-order valence-electron chi connectivity index (χ1n) is 11.1. The van der Waals surface area contributed by atoms with Gasteiger partial charge in [0, 0.05) is 10.4 Å². The molecule has 1 amide bonds. The van der Waals surface area contributed by atoms with Crippen molar-refractivity contribution in [3.8, 4) is 11.5 Å². The number of aromatic hydroxyl groups is 1. The summed E-state index contributed by atoms with van der Waals surface area (Å²) in [6.07, 6.45) is 0. The van der Waals surface area contributed by atoms with E-state index in [1.54, 1.807) is 48.5 Å². The quantitative estimate of drug-likeness (QED) is 0.259. The fraction of sp³-hybridized carbons (Fsp3) is 0.0741. The number of amides is 1. The van der Waals surface area contributed by atoms with Crippen LogP contribution < -0.4 is 9.64 Å². The standard InChI is InChI=1S/C27H17ClN2O6S/c1-35-19-11-14(6-9-17(19)31)23-22(24(32)20-10-13-4-2-3-5-18(13)36-20)25(33)26(34)30(23)27-29-16-8-7-15(28)12-21(16)37-27/h2-12,23,31,33H,1H3. The molecule has 1 aliphatic heterocycles. The second kappa shape index (κ2) is 8.65. The van der Waals surface area contributed by atoms with E-state index in [1.807, 2.05) is 6.07 Å². The molecule has 10 heteroatoms. The molecule has 0 saturated carbocycles. The number of phenolic OH excluding ortho intramolecular Hbond substituents is 1. The van der Waals surface area contributed by atoms with Crippen LogP contribution in [0.1, 0.15) is 22.2 Å². The number of Topliss-reactive ketones (excluding diaryl/α,β-unsaturated/α-hetero) is 1. The normalized spacial score (nSPS) is 15.8. The Morgan fingerprint density at radius 3 is 2.70 bits per heavy atom. The third-order valence-corrected chi connectivity index (χ3v) is 7.42. The number of anilines is 1. The molecule has 5 aromatic rings. The van der Waals surface area contributed by atoms with Crippen molar-refractivity contribution in [2.75, 3.05) is 12.0 Å². The van der Waals surface area contributed by atoms with Crippen molar-refractivity contribution in [2.45, 2.75) is 6.04 Å². The van der Waals surface area contributed by atoms with Crippen LogP contribution in [0, 0.1) is 0 Å². The lowest BCUT2D eigenvalue weighted by molar-refractivity contribution is -0.117. The summed E-state index contributed by atoms with van der Waals surface area (Å²) in [5.41, 5.74) is 1.35. The van der Waals surface area contributed by atoms with Gasteiger partial charge in [0.25, 0.3) is 5.91 Å². The monoisotopic (exact) mass is 532 g/mol. The van der Waals surface area contributed by atoms with Gasteiger partial charge in [0.2, 0.25) is 5.78 Å². The largest absolute Gasteiger partial charge is 0.504 e. The van der Waals surface area contributed by atoms with Crippen molar-refractivity contribution < 1.29 is 29.0 Å². The predicted octanol–water partition coefficient (Wildman–Crippen LogP) is 6.19. The Bertz CT molecular complexity index is 1740. The Morgan fingerprint density at radius 1 is 1.11 bits per heavy atom. The van der Waals surface area contributed by atoms with Crippen molar-refractivity contribution in [3.05, 3.63) is 94.4 Å². The van der Waals surface area contributed by atoms with Crippen molar-refractivity contribution >= 4 is 60.9 Å². The highest BCUT2D eigenvalue weighted by molar-refractivity contribution is 7.22. The van der Waals surface area contributed by atoms with Crippen LogP contribution in [0.5, 0.6) is 11.5 Å². The maximum Gasteiger partial charge on any atom is 0.296 e. The van der Waals surface area contributed by atoms with Crippen LogP contribution in [0.3, 0.4) is 0 Å². The van der Waals surface area contributed by atoms with Crippen LogP contribution in [0.2, 0.25) is 5.02 Å². The third kappa shape index (κ3) is 3.71. The van der Waals surface area contributed by atoms with Crippen LogP contribution >= 0.6 is 22.9 Å². The molecule has 3 heterocycles. The second-order valence-electron chi connectivity index (χ2n) is 8.36. The minimum atomic E-state index is -1.07. The summed E-state index contributed by atoms with van der Waals surface area (Å²) in [7, 11) is 1.39. The van der Waals surface area contributed by atoms with Crippen LogP contribution in [-0.2, 0) is 4.79 Å². The average molecular weight is 533 g/mol. The van der Waals surface area contributed by atoms with Crippen molar-refractivity contribution in [3.63, 3.8) is 0 Å². The molecule has 3 aromatic carbocycles. The van der Waals surface area contributed by atoms with E-state index < -0.39 is 23.5 Å². The van der Waals surface area contributed by atoms with Gasteiger partial charge >= 0.3 is 0 Å². The molecular formula is C27H17ClN2O6S. The third-order valence-electron chi connectivity index (χ3n) is 6.17. The van der Waals surface area contributed by atoms with Gasteiger partial charge in [-0.2, -0.15) is 0 Å². The van der Waals surface area contributed by atoms with Crippen molar-refractivity contribution in [2.24, 2.45) is 0 Å². The lowest BCUT2D eigenvalue weighted by Gasteiger charge is -2.24. The molecule has 0 spiro atoms. The van der Waals surface area contributed by atoms with E-state index in [-0.39, 0.29) is 28.0 Å². The molecule has 184 valence electrons. The maximum atomic E-state index is 13.8. The van der Waals surface area contributed by atoms with E-state index in [1.165, 1.54) is 35.5 Å². The Kier molecular flexibility index (Phi) is 5.40. The zero-order valence-electron chi connectivity index (χ0n) is 19.1. The lowest BCUT2D eigenvalue weighted by Crippen LogP contribution is -2.31. The highest BCUT2D eigenvalue weighted by Gasteiger charge is 2.46. The van der Waals surface area contributed by atoms with Crippen LogP contribution in [0.25, 0.3) is 21.2 Å². The van der Waals surface area contributed by atoms with E-state index in [0.717, 1.165) is 4.70 Å². The van der Waals surface area contributed by atoms with Crippen molar-refractivity contribution in [1.82, 2.24) is 4.98 Å². The molecule has 6 rings (SSSR count). The van der Waals surface area contributed by atoms with Gasteiger partial charge in [-0.1, -0.05) is 47.2 Å². The number of hydrogen-bond donors (Lipinski definition) is 2. The molecule has 1 aliphatic rings. The summed E-state index contributed by atoms with van der Waals surface area (Å²) in [4.78, 5) is 33.1. The summed E-state index contributed by atoms with van der Waals surface area (Å²) in [5, 5.41) is 22.7. The zero-order chi connectivity index (χ0) is 25.8. The number of aromatic nitrogens is 1. The Morgan fingerprint density at radius 2 is 1.92 bits per heavy atom. The molecule has 0 fully saturated rings. The Hall–Kier alpha value is -4.34. The molecule has 0 radical (unpaired) electrons. The number of fused-ring (bicyclic) bond motifs is 2. The van der Waals surface area contributed by atoms with Crippen LogP contribution in [0.4, 0.5) is 5.13 Å². The van der Waals surface area contributed by atoms with E-state index in [2.05, 4.69) is 4.98 Å². The Labute approximate surface area is 218 Å². The SMILES string of the molecule is COc1cc(C2C(C(=O)c3cc4ccccc4o3)=C(O)C(=O)N2c2nc3ccc(Cl)cc3s2)ccc1O. The van der Waals surface area contributed by atoms with Crippen molar-refractivity contribution in [1.29, 1.82) is 0 Å². The van der Waals surface area contributed by atoms with Gasteiger partial charge in [0.1, 0.15) is 5.58 Å². The van der Waals surface area contributed by atoms with E-state index in [4.69, 9.17) is 20.8 Å². The molecule has 8 nitrogen and oxygen atoms in total. The molecular weight excluding hydrogens is 516 g/mol. The number of aliphatic hydroxyl groups is 1. The van der Waals surface area contributed by atoms with E-state index in [9.17, 15) is 19.8 Å².